The van der Waals surface area contributed by atoms with Crippen molar-refractivity contribution in [2.24, 2.45) is 39.2 Å². The molecule has 0 saturated carbocycles. The summed E-state index contributed by atoms with van der Waals surface area (Å²) in [5, 5.41) is 0. The maximum Gasteiger partial charge on any atom is 0.0704 e. The van der Waals surface area contributed by atoms with E-state index in [0.29, 0.717) is 24.5 Å². The zero-order chi connectivity index (χ0) is 29.3. The number of hydrogen-bond acceptors (Lipinski definition) is 4. The predicted octanol–water partition coefficient (Wildman–Crippen LogP) is 8.90. The van der Waals surface area contributed by atoms with Gasteiger partial charge >= 0.3 is 0 Å². The van der Waals surface area contributed by atoms with Crippen LogP contribution in [-0.4, -0.2) is 44.2 Å². The molecular weight excluding hydrogens is 458 g/mol. The van der Waals surface area contributed by atoms with E-state index in [0.717, 1.165) is 38.4 Å². The molecule has 37 heavy (non-hydrogen) atoms. The lowest BCUT2D eigenvalue weighted by atomic mass is 9.68. The van der Waals surface area contributed by atoms with Crippen LogP contribution in [0.4, 0.5) is 0 Å². The van der Waals surface area contributed by atoms with Gasteiger partial charge in [0.25, 0.3) is 0 Å². The Bertz CT molecular complexity index is 619. The minimum Gasteiger partial charge on any atom is -0.379 e. The lowest BCUT2D eigenvalue weighted by Crippen LogP contribution is -2.44. The van der Waals surface area contributed by atoms with Gasteiger partial charge in [0.05, 0.1) is 31.5 Å². The normalized spacial score (nSPS) is 16.1. The summed E-state index contributed by atoms with van der Waals surface area (Å²) in [6, 6.07) is 0.186. The van der Waals surface area contributed by atoms with Crippen LogP contribution in [0.25, 0.3) is 0 Å². The molecule has 224 valence electrons. The Morgan fingerprint density at radius 3 is 1.73 bits per heavy atom. The molecule has 0 saturated heterocycles. The van der Waals surface area contributed by atoms with Gasteiger partial charge in [-0.05, 0) is 86.4 Å². The van der Waals surface area contributed by atoms with Crippen LogP contribution >= 0.6 is 0 Å². The molecule has 4 nitrogen and oxygen atoms in total. The van der Waals surface area contributed by atoms with Gasteiger partial charge in [-0.3, -0.25) is 0 Å². The van der Waals surface area contributed by atoms with Gasteiger partial charge in [-0.25, -0.2) is 0 Å². The third kappa shape index (κ3) is 17.2. The highest BCUT2D eigenvalue weighted by Crippen LogP contribution is 2.43. The second-order valence-corrected chi connectivity index (χ2v) is 16.5. The van der Waals surface area contributed by atoms with E-state index in [-0.39, 0.29) is 34.0 Å². The zero-order valence-corrected chi connectivity index (χ0v) is 28.0. The standard InChI is InChI=1S/C33H69NO3/c1-25(2)20-29(6,7)21-30(8,9)23-33(14,15)37-17-16-27(5)36-19-18-35-24-31(10,11)22-32(12,13)28(34)26(3)4/h25-28H,16-24,34H2,1-15H3. The molecule has 0 rings (SSSR count). The smallest absolute Gasteiger partial charge is 0.0704 e. The topological polar surface area (TPSA) is 53.7 Å². The lowest BCUT2D eigenvalue weighted by Gasteiger charge is -2.40. The van der Waals surface area contributed by atoms with E-state index in [2.05, 4.69) is 104 Å². The van der Waals surface area contributed by atoms with Crippen molar-refractivity contribution in [3.05, 3.63) is 0 Å². The van der Waals surface area contributed by atoms with Crippen molar-refractivity contribution < 1.29 is 14.2 Å². The van der Waals surface area contributed by atoms with Crippen LogP contribution < -0.4 is 5.73 Å². The number of nitrogens with two attached hydrogens (primary N) is 1. The van der Waals surface area contributed by atoms with Crippen molar-refractivity contribution in [2.75, 3.05) is 26.4 Å². The van der Waals surface area contributed by atoms with Gasteiger partial charge in [0, 0.05) is 12.6 Å². The van der Waals surface area contributed by atoms with Crippen LogP contribution in [-0.2, 0) is 14.2 Å². The van der Waals surface area contributed by atoms with Gasteiger partial charge in [-0.1, -0.05) is 83.1 Å². The summed E-state index contributed by atoms with van der Waals surface area (Å²) in [5.41, 5.74) is 7.09. The quantitative estimate of drug-likeness (QED) is 0.161. The average Bonchev–Trinajstić information content (AvgIpc) is 2.62. The van der Waals surface area contributed by atoms with Crippen molar-refractivity contribution in [3.63, 3.8) is 0 Å². The molecular formula is C33H69NO3. The van der Waals surface area contributed by atoms with E-state index in [1.807, 2.05) is 0 Å². The largest absolute Gasteiger partial charge is 0.379 e. The fraction of sp³-hybridized carbons (Fsp3) is 1.00. The minimum absolute atomic E-state index is 0.0822. The van der Waals surface area contributed by atoms with Gasteiger partial charge in [-0.2, -0.15) is 0 Å². The fourth-order valence-electron chi connectivity index (χ4n) is 7.28. The maximum absolute atomic E-state index is 6.48. The molecule has 0 fully saturated rings. The van der Waals surface area contributed by atoms with Crippen molar-refractivity contribution in [3.8, 4) is 0 Å². The van der Waals surface area contributed by atoms with Crippen molar-refractivity contribution in [1.29, 1.82) is 0 Å². The third-order valence-corrected chi connectivity index (χ3v) is 7.52. The Labute approximate surface area is 233 Å². The van der Waals surface area contributed by atoms with Crippen LogP contribution in [0.3, 0.4) is 0 Å². The van der Waals surface area contributed by atoms with Crippen molar-refractivity contribution >= 4 is 0 Å². The molecule has 0 aromatic carbocycles. The first-order valence-electron chi connectivity index (χ1n) is 15.1. The van der Waals surface area contributed by atoms with E-state index >= 15 is 0 Å². The third-order valence-electron chi connectivity index (χ3n) is 7.52. The molecule has 2 N–H and O–H groups in total. The second-order valence-electron chi connectivity index (χ2n) is 16.5. The maximum atomic E-state index is 6.48. The van der Waals surface area contributed by atoms with E-state index in [1.54, 1.807) is 0 Å². The van der Waals surface area contributed by atoms with E-state index in [1.165, 1.54) is 12.8 Å². The number of hydrogen-bond donors (Lipinski definition) is 1. The molecule has 0 amide bonds. The van der Waals surface area contributed by atoms with Gasteiger partial charge in [0.15, 0.2) is 0 Å². The predicted molar refractivity (Wildman–Crippen MR) is 162 cm³/mol. The number of ether oxygens (including phenoxy) is 3. The summed E-state index contributed by atoms with van der Waals surface area (Å²) in [4.78, 5) is 0. The number of rotatable bonds is 20. The van der Waals surface area contributed by atoms with Crippen LogP contribution in [0.1, 0.15) is 136 Å². The summed E-state index contributed by atoms with van der Waals surface area (Å²) >= 11 is 0. The first-order chi connectivity index (χ1) is 16.5. The monoisotopic (exact) mass is 528 g/mol. The van der Waals surface area contributed by atoms with Crippen molar-refractivity contribution in [1.82, 2.24) is 0 Å². The van der Waals surface area contributed by atoms with E-state index < -0.39 is 0 Å². The van der Waals surface area contributed by atoms with Crippen LogP contribution in [0.15, 0.2) is 0 Å². The molecule has 0 spiro atoms. The van der Waals surface area contributed by atoms with Crippen LogP contribution in [0.2, 0.25) is 0 Å². The Hall–Kier alpha value is -0.160. The molecule has 4 heteroatoms. The molecule has 0 aliphatic heterocycles. The van der Waals surface area contributed by atoms with Gasteiger partial charge in [0.1, 0.15) is 0 Å². The lowest BCUT2D eigenvalue weighted by molar-refractivity contribution is -0.0708. The molecule has 0 radical (unpaired) electrons. The molecule has 0 bridgehead atoms. The average molecular weight is 528 g/mol. The SMILES string of the molecule is CC(C)CC(C)(C)CC(C)(C)CC(C)(C)OCCC(C)OCCOCC(C)(C)CC(C)(C)C(N)C(C)C. The summed E-state index contributed by atoms with van der Waals surface area (Å²) in [5.74, 6) is 1.21. The van der Waals surface area contributed by atoms with Gasteiger partial charge in [-0.15, -0.1) is 0 Å². The minimum atomic E-state index is -0.141. The Morgan fingerprint density at radius 2 is 1.22 bits per heavy atom. The van der Waals surface area contributed by atoms with Crippen LogP contribution in [0, 0.1) is 33.5 Å². The molecule has 0 aliphatic carbocycles. The zero-order valence-electron chi connectivity index (χ0n) is 28.0. The molecule has 0 aromatic heterocycles. The fourth-order valence-corrected chi connectivity index (χ4v) is 7.28. The van der Waals surface area contributed by atoms with Crippen LogP contribution in [0.5, 0.6) is 0 Å². The molecule has 2 unspecified atom stereocenters. The van der Waals surface area contributed by atoms with Gasteiger partial charge in [0.2, 0.25) is 0 Å². The summed E-state index contributed by atoms with van der Waals surface area (Å²) in [6.07, 6.45) is 5.62. The highest BCUT2D eigenvalue weighted by Gasteiger charge is 2.36. The first-order valence-corrected chi connectivity index (χ1v) is 15.1. The molecule has 0 aromatic rings. The summed E-state index contributed by atoms with van der Waals surface area (Å²) < 4.78 is 18.4. The Kier molecular flexibility index (Phi) is 14.9. The summed E-state index contributed by atoms with van der Waals surface area (Å²) in [7, 11) is 0. The molecule has 2 atom stereocenters. The van der Waals surface area contributed by atoms with Crippen molar-refractivity contribution in [2.45, 2.75) is 154 Å². The highest BCUT2D eigenvalue weighted by atomic mass is 16.5. The Balaban J connectivity index is 4.33. The summed E-state index contributed by atoms with van der Waals surface area (Å²) in [6.45, 7) is 37.1. The molecule has 0 heterocycles. The van der Waals surface area contributed by atoms with E-state index in [9.17, 15) is 0 Å². The second kappa shape index (κ2) is 15.0. The molecule has 0 aliphatic rings. The first kappa shape index (κ1) is 36.8. The Morgan fingerprint density at radius 1 is 0.649 bits per heavy atom. The van der Waals surface area contributed by atoms with Gasteiger partial charge < -0.3 is 19.9 Å². The highest BCUT2D eigenvalue weighted by molar-refractivity contribution is 4.89. The van der Waals surface area contributed by atoms with E-state index in [4.69, 9.17) is 19.9 Å².